The second kappa shape index (κ2) is 6.95. The summed E-state index contributed by atoms with van der Waals surface area (Å²) < 4.78 is 10.7. The van der Waals surface area contributed by atoms with Crippen LogP contribution >= 0.6 is 11.6 Å². The van der Waals surface area contributed by atoms with E-state index in [4.69, 9.17) is 21.1 Å². The lowest BCUT2D eigenvalue weighted by molar-refractivity contribution is -0.261. The van der Waals surface area contributed by atoms with E-state index < -0.39 is 28.7 Å². The van der Waals surface area contributed by atoms with Crippen LogP contribution in [0.5, 0.6) is 11.5 Å². The molecule has 2 saturated carbocycles. The topological polar surface area (TPSA) is 113 Å². The predicted molar refractivity (Wildman–Crippen MR) is 117 cm³/mol. The van der Waals surface area contributed by atoms with Crippen LogP contribution in [-0.4, -0.2) is 52.0 Å². The molecule has 2 fully saturated rings. The second-order valence-corrected chi connectivity index (χ2v) is 10.9. The fraction of sp³-hybridized carbons (Fsp3) is 0.583. The summed E-state index contributed by atoms with van der Waals surface area (Å²) in [6, 6.07) is 1.23. The molecule has 3 aliphatic rings. The molecule has 1 aromatic carbocycles. The number of carbonyl (C=O) groups is 2. The van der Waals surface area contributed by atoms with Crippen LogP contribution in [0, 0.1) is 23.7 Å². The van der Waals surface area contributed by atoms with Crippen LogP contribution in [0.1, 0.15) is 56.0 Å². The Morgan fingerprint density at radius 1 is 1.25 bits per heavy atom. The average Bonchev–Trinajstić information content (AvgIpc) is 2.96. The minimum absolute atomic E-state index is 0.0224. The van der Waals surface area contributed by atoms with Gasteiger partial charge in [-0.3, -0.25) is 4.79 Å². The number of hydrogen-bond acceptors (Lipinski definition) is 7. The van der Waals surface area contributed by atoms with Gasteiger partial charge in [-0.25, -0.2) is 4.79 Å². The number of rotatable bonds is 4. The zero-order valence-corrected chi connectivity index (χ0v) is 19.6. The van der Waals surface area contributed by atoms with Gasteiger partial charge in [0.05, 0.1) is 17.7 Å². The van der Waals surface area contributed by atoms with Crippen LogP contribution < -0.4 is 4.74 Å². The minimum Gasteiger partial charge on any atom is -0.507 e. The summed E-state index contributed by atoms with van der Waals surface area (Å²) >= 11 is 6.23. The van der Waals surface area contributed by atoms with Gasteiger partial charge in [-0.15, -0.1) is 0 Å². The maximum Gasteiger partial charge on any atom is 0.342 e. The molecule has 0 saturated heterocycles. The molecule has 4 rings (SSSR count). The molecule has 0 radical (unpaired) electrons. The Balaban J connectivity index is 1.69. The highest BCUT2D eigenvalue weighted by atomic mass is 35.5. The Hall–Kier alpha value is -2.09. The predicted octanol–water partition coefficient (Wildman–Crippen LogP) is 3.34. The first kappa shape index (κ1) is 23.1. The van der Waals surface area contributed by atoms with Gasteiger partial charge in [0.15, 0.2) is 0 Å². The lowest BCUT2D eigenvalue weighted by Crippen LogP contribution is -2.75. The van der Waals surface area contributed by atoms with Crippen LogP contribution in [0.4, 0.5) is 0 Å². The van der Waals surface area contributed by atoms with Crippen LogP contribution in [0.2, 0.25) is 5.02 Å². The molecule has 1 aromatic rings. The third-order valence-corrected chi connectivity index (χ3v) is 8.40. The van der Waals surface area contributed by atoms with Crippen molar-refractivity contribution in [3.05, 3.63) is 33.9 Å². The van der Waals surface area contributed by atoms with Crippen molar-refractivity contribution in [2.75, 3.05) is 7.11 Å². The maximum atomic E-state index is 13.0. The average molecular weight is 465 g/mol. The van der Waals surface area contributed by atoms with Crippen molar-refractivity contribution in [1.29, 1.82) is 0 Å². The van der Waals surface area contributed by atoms with Gasteiger partial charge in [0.2, 0.25) is 0 Å². The van der Waals surface area contributed by atoms with E-state index in [1.807, 2.05) is 6.92 Å². The van der Waals surface area contributed by atoms with Crippen molar-refractivity contribution in [3.8, 4) is 11.5 Å². The van der Waals surface area contributed by atoms with Gasteiger partial charge in [-0.1, -0.05) is 32.4 Å². The SMILES string of the molecule is COc1cc(O)c(C(=O)O[C@H]2C[C@]3(C)[C@H]4CC(C)(C)C[C@@]4(O)C=C(C=O)[C@]23O)c(C)c1Cl. The summed E-state index contributed by atoms with van der Waals surface area (Å²) in [6.45, 7) is 7.49. The van der Waals surface area contributed by atoms with Crippen molar-refractivity contribution in [3.63, 3.8) is 0 Å². The summed E-state index contributed by atoms with van der Waals surface area (Å²) in [5.41, 5.74) is -3.77. The van der Waals surface area contributed by atoms with E-state index >= 15 is 0 Å². The molecule has 3 aliphatic carbocycles. The Kier molecular flexibility index (Phi) is 5.02. The van der Waals surface area contributed by atoms with E-state index in [-0.39, 0.29) is 51.0 Å². The van der Waals surface area contributed by atoms with Gasteiger partial charge in [0.1, 0.15) is 35.1 Å². The van der Waals surface area contributed by atoms with Gasteiger partial charge >= 0.3 is 5.97 Å². The molecule has 0 unspecified atom stereocenters. The fourth-order valence-electron chi connectivity index (χ4n) is 6.44. The van der Waals surface area contributed by atoms with Gasteiger partial charge in [0, 0.05) is 23.0 Å². The second-order valence-electron chi connectivity index (χ2n) is 10.5. The van der Waals surface area contributed by atoms with Gasteiger partial charge in [-0.2, -0.15) is 0 Å². The molecule has 0 aromatic heterocycles. The fourth-order valence-corrected chi connectivity index (χ4v) is 6.67. The van der Waals surface area contributed by atoms with Crippen molar-refractivity contribution >= 4 is 23.9 Å². The highest BCUT2D eigenvalue weighted by Crippen LogP contribution is 2.69. The number of aliphatic hydroxyl groups is 2. The zero-order valence-electron chi connectivity index (χ0n) is 18.9. The molecule has 5 atom stereocenters. The number of fused-ring (bicyclic) bond motifs is 3. The van der Waals surface area contributed by atoms with Crippen LogP contribution in [0.3, 0.4) is 0 Å². The number of esters is 1. The number of benzene rings is 1. The molecule has 0 aliphatic heterocycles. The van der Waals surface area contributed by atoms with Crippen LogP contribution in [0.15, 0.2) is 17.7 Å². The molecule has 0 heterocycles. The highest BCUT2D eigenvalue weighted by Gasteiger charge is 2.75. The van der Waals surface area contributed by atoms with Gasteiger partial charge < -0.3 is 24.8 Å². The first-order valence-electron chi connectivity index (χ1n) is 10.6. The first-order chi connectivity index (χ1) is 14.7. The number of ether oxygens (including phenoxy) is 2. The maximum absolute atomic E-state index is 13.0. The summed E-state index contributed by atoms with van der Waals surface area (Å²) in [5.74, 6) is -1.29. The van der Waals surface area contributed by atoms with Crippen molar-refractivity contribution in [2.24, 2.45) is 16.7 Å². The summed E-state index contributed by atoms with van der Waals surface area (Å²) in [7, 11) is 1.39. The molecule has 174 valence electrons. The lowest BCUT2D eigenvalue weighted by Gasteiger charge is -2.65. The van der Waals surface area contributed by atoms with Crippen molar-refractivity contribution in [1.82, 2.24) is 0 Å². The smallest absolute Gasteiger partial charge is 0.342 e. The molecule has 32 heavy (non-hydrogen) atoms. The third kappa shape index (κ3) is 2.87. The number of phenolic OH excluding ortho intramolecular Hbond substituents is 1. The Morgan fingerprint density at radius 2 is 1.91 bits per heavy atom. The van der Waals surface area contributed by atoms with Crippen LogP contribution in [-0.2, 0) is 9.53 Å². The third-order valence-electron chi connectivity index (χ3n) is 7.93. The van der Waals surface area contributed by atoms with Crippen molar-refractivity contribution in [2.45, 2.75) is 64.3 Å². The van der Waals surface area contributed by atoms with E-state index in [0.29, 0.717) is 19.1 Å². The first-order valence-corrected chi connectivity index (χ1v) is 11.0. The van der Waals surface area contributed by atoms with E-state index in [1.165, 1.54) is 19.3 Å². The van der Waals surface area contributed by atoms with Gasteiger partial charge in [-0.05, 0) is 43.2 Å². The molecular formula is C24H29ClO7. The number of halogens is 1. The Morgan fingerprint density at radius 3 is 2.50 bits per heavy atom. The van der Waals surface area contributed by atoms with Gasteiger partial charge in [0.25, 0.3) is 0 Å². The molecule has 0 spiro atoms. The van der Waals surface area contributed by atoms with E-state index in [9.17, 15) is 24.9 Å². The molecule has 3 N–H and O–H groups in total. The standard InChI is InChI=1S/C24H29ClO7/c1-12-18(14(27)6-15(31-5)19(12)25)20(28)32-17-9-22(4)16-8-21(2,3)11-23(16,29)7-13(10-26)24(17,22)30/h6-7,10,16-17,27,29-30H,8-9,11H2,1-5H3/t16-,17+,22-,23+,24+/m1/s1. The Labute approximate surface area is 192 Å². The van der Waals surface area contributed by atoms with Crippen LogP contribution in [0.25, 0.3) is 0 Å². The Bertz CT molecular complexity index is 1050. The number of phenols is 1. The normalized spacial score (nSPS) is 36.9. The number of aldehydes is 1. The summed E-state index contributed by atoms with van der Waals surface area (Å²) in [6.07, 6.45) is 2.39. The largest absolute Gasteiger partial charge is 0.507 e. The van der Waals surface area contributed by atoms with E-state index in [1.54, 1.807) is 6.92 Å². The number of methoxy groups -OCH3 is 1. The zero-order chi connectivity index (χ0) is 23.9. The quantitative estimate of drug-likeness (QED) is 0.462. The minimum atomic E-state index is -1.73. The molecular weight excluding hydrogens is 436 g/mol. The number of carbonyl (C=O) groups excluding carboxylic acids is 2. The highest BCUT2D eigenvalue weighted by molar-refractivity contribution is 6.33. The molecule has 0 bridgehead atoms. The monoisotopic (exact) mass is 464 g/mol. The van der Waals surface area contributed by atoms with E-state index in [0.717, 1.165) is 0 Å². The molecule has 8 heteroatoms. The molecule has 0 amide bonds. The summed E-state index contributed by atoms with van der Waals surface area (Å²) in [4.78, 5) is 25.0. The summed E-state index contributed by atoms with van der Waals surface area (Å²) in [5, 5.41) is 33.6. The number of aromatic hydroxyl groups is 1. The van der Waals surface area contributed by atoms with Crippen molar-refractivity contribution < 1.29 is 34.4 Å². The van der Waals surface area contributed by atoms with E-state index in [2.05, 4.69) is 13.8 Å². The molecule has 7 nitrogen and oxygen atoms in total. The number of hydrogen-bond donors (Lipinski definition) is 3. The lowest BCUT2D eigenvalue weighted by atomic mass is 9.43.